The lowest BCUT2D eigenvalue weighted by Gasteiger charge is -2.07. The van der Waals surface area contributed by atoms with Crippen molar-refractivity contribution in [2.45, 2.75) is 6.92 Å². The summed E-state index contributed by atoms with van der Waals surface area (Å²) in [6.45, 7) is 2.11. The number of rotatable bonds is 3. The average molecular weight is 499 g/mol. The largest absolute Gasteiger partial charge is 0.361 e. The Labute approximate surface area is 225 Å². The molecule has 5 aromatic carbocycles. The molecule has 0 fully saturated rings. The maximum atomic E-state index is 6.11. The molecular formula is C33H22BN5. The number of aryl methyl sites for hydroxylation is 1. The molecule has 0 unspecified atom stereocenters. The van der Waals surface area contributed by atoms with Crippen molar-refractivity contribution < 1.29 is 0 Å². The first kappa shape index (κ1) is 21.9. The van der Waals surface area contributed by atoms with Crippen LogP contribution in [0.25, 0.3) is 65.8 Å². The lowest BCUT2D eigenvalue weighted by molar-refractivity contribution is 1.34. The van der Waals surface area contributed by atoms with E-state index in [0.717, 1.165) is 71.7 Å². The molecule has 0 saturated heterocycles. The lowest BCUT2D eigenvalue weighted by atomic mass is 9.94. The molecule has 3 aromatic heterocycles. The summed E-state index contributed by atoms with van der Waals surface area (Å²) in [6.07, 6.45) is 5.94. The maximum Gasteiger partial charge on any atom is 0.140 e. The zero-order valence-corrected chi connectivity index (χ0v) is 21.2. The highest BCUT2D eigenvalue weighted by Gasteiger charge is 2.16. The van der Waals surface area contributed by atoms with Crippen LogP contribution in [0.15, 0.2) is 96.2 Å². The van der Waals surface area contributed by atoms with Crippen LogP contribution in [-0.2, 0) is 0 Å². The molecule has 0 aliphatic rings. The third-order valence-electron chi connectivity index (χ3n) is 7.63. The van der Waals surface area contributed by atoms with Gasteiger partial charge < -0.3 is 15.0 Å². The standard InChI is InChI=1S/C33H22BN5/c1-18-6-10-29-25(12-18)19(16-36-29)15-35-21-8-9-23-22-4-2-3-5-24(22)31-32(27(23)14-21)39-33(38-31)28-17-37-30-11-7-20(34)13-26(28)30/h2-17,36-37H,1H3,(H,38,39). The molecule has 0 aliphatic heterocycles. The summed E-state index contributed by atoms with van der Waals surface area (Å²) >= 11 is 0. The smallest absolute Gasteiger partial charge is 0.140 e. The van der Waals surface area contributed by atoms with Crippen LogP contribution in [0.3, 0.4) is 0 Å². The number of fused-ring (bicyclic) bond motifs is 8. The van der Waals surface area contributed by atoms with E-state index in [2.05, 4.69) is 82.5 Å². The van der Waals surface area contributed by atoms with Gasteiger partial charge in [-0.05, 0) is 48.0 Å². The predicted octanol–water partition coefficient (Wildman–Crippen LogP) is 7.35. The quantitative estimate of drug-likeness (QED) is 0.133. The highest BCUT2D eigenvalue weighted by Crippen LogP contribution is 2.38. The molecule has 0 spiro atoms. The van der Waals surface area contributed by atoms with E-state index in [9.17, 15) is 0 Å². The Bertz CT molecular complexity index is 2260. The number of H-pyrrole nitrogens is 3. The molecule has 0 amide bonds. The van der Waals surface area contributed by atoms with E-state index in [1.165, 1.54) is 16.3 Å². The molecule has 0 atom stereocenters. The minimum Gasteiger partial charge on any atom is -0.361 e. The monoisotopic (exact) mass is 499 g/mol. The van der Waals surface area contributed by atoms with Crippen LogP contribution in [0.1, 0.15) is 11.1 Å². The van der Waals surface area contributed by atoms with Gasteiger partial charge >= 0.3 is 0 Å². The minimum atomic E-state index is 0.725. The summed E-state index contributed by atoms with van der Waals surface area (Å²) in [6, 6.07) is 27.1. The van der Waals surface area contributed by atoms with Crippen LogP contribution < -0.4 is 5.46 Å². The Morgan fingerprint density at radius 3 is 2.46 bits per heavy atom. The van der Waals surface area contributed by atoms with Crippen LogP contribution in [0.4, 0.5) is 5.69 Å². The zero-order chi connectivity index (χ0) is 26.1. The van der Waals surface area contributed by atoms with Gasteiger partial charge in [0.25, 0.3) is 0 Å². The van der Waals surface area contributed by atoms with Crippen LogP contribution in [0.5, 0.6) is 0 Å². The van der Waals surface area contributed by atoms with Crippen molar-refractivity contribution >= 4 is 79.6 Å². The average Bonchev–Trinajstić information content (AvgIpc) is 3.68. The minimum absolute atomic E-state index is 0.725. The second-order valence-corrected chi connectivity index (χ2v) is 10.1. The number of benzene rings is 5. The Morgan fingerprint density at radius 2 is 1.54 bits per heavy atom. The second kappa shape index (κ2) is 8.20. The first-order chi connectivity index (χ1) is 19.1. The van der Waals surface area contributed by atoms with Gasteiger partial charge in [0.05, 0.1) is 16.7 Å². The van der Waals surface area contributed by atoms with Gasteiger partial charge in [-0.25, -0.2) is 4.98 Å². The fourth-order valence-corrected chi connectivity index (χ4v) is 5.71. The first-order valence-electron chi connectivity index (χ1n) is 13.0. The van der Waals surface area contributed by atoms with Crippen LogP contribution >= 0.6 is 0 Å². The van der Waals surface area contributed by atoms with Gasteiger partial charge in [0.15, 0.2) is 0 Å². The van der Waals surface area contributed by atoms with E-state index in [1.807, 2.05) is 36.8 Å². The van der Waals surface area contributed by atoms with Crippen LogP contribution in [-0.4, -0.2) is 34.0 Å². The van der Waals surface area contributed by atoms with E-state index in [0.29, 0.717) is 0 Å². The number of hydrogen-bond donors (Lipinski definition) is 3. The van der Waals surface area contributed by atoms with Crippen molar-refractivity contribution in [2.75, 3.05) is 0 Å². The molecule has 0 aliphatic carbocycles. The van der Waals surface area contributed by atoms with Gasteiger partial charge in [-0.3, -0.25) is 4.99 Å². The predicted molar refractivity (Wildman–Crippen MR) is 164 cm³/mol. The summed E-state index contributed by atoms with van der Waals surface area (Å²) in [5, 5.41) is 6.76. The van der Waals surface area contributed by atoms with Gasteiger partial charge in [-0.2, -0.15) is 0 Å². The molecular weight excluding hydrogens is 477 g/mol. The third kappa shape index (κ3) is 3.42. The Balaban J connectivity index is 1.33. The van der Waals surface area contributed by atoms with Gasteiger partial charge in [0.2, 0.25) is 0 Å². The van der Waals surface area contributed by atoms with Crippen molar-refractivity contribution in [1.29, 1.82) is 0 Å². The lowest BCUT2D eigenvalue weighted by Crippen LogP contribution is -1.99. The number of nitrogens with one attached hydrogen (secondary N) is 3. The fraction of sp³-hybridized carbons (Fsp3) is 0.0303. The summed E-state index contributed by atoms with van der Waals surface area (Å²) in [4.78, 5) is 20.3. The molecule has 2 radical (unpaired) electrons. The van der Waals surface area contributed by atoms with E-state index >= 15 is 0 Å². The van der Waals surface area contributed by atoms with Gasteiger partial charge in [-0.15, -0.1) is 0 Å². The van der Waals surface area contributed by atoms with E-state index < -0.39 is 0 Å². The molecule has 8 aromatic rings. The molecule has 182 valence electrons. The number of aromatic amines is 3. The normalized spacial score (nSPS) is 12.2. The van der Waals surface area contributed by atoms with Crippen LogP contribution in [0.2, 0.25) is 0 Å². The Hall–Kier alpha value is -5.10. The SMILES string of the molecule is [B]c1ccc2[nH]cc(-c3nc4c5ccccc5c5ccc(N=Cc6c[nH]c7ccc(C)cc67)cc5c4[nH]3)c2c1. The molecule has 0 saturated carbocycles. The maximum absolute atomic E-state index is 6.11. The highest BCUT2D eigenvalue weighted by atomic mass is 14.9. The van der Waals surface area contributed by atoms with E-state index in [4.69, 9.17) is 17.8 Å². The van der Waals surface area contributed by atoms with Crippen LogP contribution in [0, 0.1) is 6.92 Å². The van der Waals surface area contributed by atoms with Crippen molar-refractivity contribution in [1.82, 2.24) is 19.9 Å². The molecule has 39 heavy (non-hydrogen) atoms. The van der Waals surface area contributed by atoms with Crippen molar-refractivity contribution in [3.05, 3.63) is 102 Å². The number of aliphatic imine (C=N–C) groups is 1. The summed E-state index contributed by atoms with van der Waals surface area (Å²) in [5.74, 6) is 0.808. The molecule has 3 heterocycles. The first-order valence-corrected chi connectivity index (χ1v) is 13.0. The van der Waals surface area contributed by atoms with E-state index in [1.54, 1.807) is 0 Å². The molecule has 6 heteroatoms. The number of imidazole rings is 1. The Kier molecular flexibility index (Phi) is 4.61. The number of hydrogen-bond acceptors (Lipinski definition) is 2. The van der Waals surface area contributed by atoms with Crippen molar-refractivity contribution in [2.24, 2.45) is 4.99 Å². The number of aromatic nitrogens is 4. The zero-order valence-electron chi connectivity index (χ0n) is 21.2. The topological polar surface area (TPSA) is 72.6 Å². The summed E-state index contributed by atoms with van der Waals surface area (Å²) in [5.41, 5.74) is 8.98. The molecule has 5 nitrogen and oxygen atoms in total. The molecule has 0 bridgehead atoms. The highest BCUT2D eigenvalue weighted by molar-refractivity contribution is 6.33. The van der Waals surface area contributed by atoms with Crippen molar-refractivity contribution in [3.8, 4) is 11.4 Å². The fourth-order valence-electron chi connectivity index (χ4n) is 5.71. The summed E-state index contributed by atoms with van der Waals surface area (Å²) in [7, 11) is 6.11. The Morgan fingerprint density at radius 1 is 0.744 bits per heavy atom. The molecule has 8 rings (SSSR count). The number of nitrogens with zero attached hydrogens (tertiary/aromatic N) is 2. The van der Waals surface area contributed by atoms with Gasteiger partial charge in [0.1, 0.15) is 13.7 Å². The van der Waals surface area contributed by atoms with Crippen molar-refractivity contribution in [3.63, 3.8) is 0 Å². The molecule has 3 N–H and O–H groups in total. The van der Waals surface area contributed by atoms with Gasteiger partial charge in [0, 0.05) is 62.3 Å². The van der Waals surface area contributed by atoms with Gasteiger partial charge in [-0.1, -0.05) is 59.6 Å². The third-order valence-corrected chi connectivity index (χ3v) is 7.63. The summed E-state index contributed by atoms with van der Waals surface area (Å²) < 4.78 is 0. The van der Waals surface area contributed by atoms with E-state index in [-0.39, 0.29) is 0 Å². The second-order valence-electron chi connectivity index (χ2n) is 10.1.